The maximum Gasteiger partial charge on any atom is 0.470 e. The lowest BCUT2D eigenvalue weighted by atomic mass is 9.87. The van der Waals surface area contributed by atoms with Gasteiger partial charge in [-0.1, -0.05) is 25.6 Å². The minimum Gasteiger partial charge on any atom is -0.462 e. The van der Waals surface area contributed by atoms with Crippen molar-refractivity contribution in [2.45, 2.75) is 26.4 Å². The Hall–Kier alpha value is -1.72. The summed E-state index contributed by atoms with van der Waals surface area (Å²) < 4.78 is 20.8. The van der Waals surface area contributed by atoms with Crippen molar-refractivity contribution in [1.29, 1.82) is 0 Å². The van der Waals surface area contributed by atoms with Crippen molar-refractivity contribution >= 4 is 42.5 Å². The van der Waals surface area contributed by atoms with Crippen molar-refractivity contribution < 1.29 is 42.8 Å². The maximum atomic E-state index is 12.4. The van der Waals surface area contributed by atoms with E-state index in [0.29, 0.717) is 5.75 Å². The average molecular weight is 438 g/mol. The number of carbonyl (C=O) groups excluding carboxylic acids is 4. The molecular formula is C15H23N2O9PS. The number of thioether (sulfide) groups is 1. The number of ether oxygens (including phenoxy) is 1. The Bertz CT molecular complexity index is 689. The standard InChI is InChI=1S/C15H23N2O9PS/c1-15(2)9-25-11(19)3-4-12(20)28-8-7-16-10(18)5-6-17-14(21)13(15)26-27(22,23)24/h3-4,13H,5-9H2,1-2H3,(H,16,18)(H,17,21)(H2,22,23,24)/b4-3+/t13-/m0/s1. The van der Waals surface area contributed by atoms with Gasteiger partial charge in [0, 0.05) is 36.8 Å². The minimum atomic E-state index is -5.04. The molecule has 1 rings (SSSR count). The second kappa shape index (κ2) is 10.7. The lowest BCUT2D eigenvalue weighted by molar-refractivity contribution is -0.148. The van der Waals surface area contributed by atoms with Gasteiger partial charge in [0.15, 0.2) is 6.10 Å². The van der Waals surface area contributed by atoms with Gasteiger partial charge < -0.3 is 25.2 Å². The third kappa shape index (κ3) is 9.47. The van der Waals surface area contributed by atoms with Crippen LogP contribution in [0.4, 0.5) is 0 Å². The van der Waals surface area contributed by atoms with Crippen molar-refractivity contribution in [3.8, 4) is 0 Å². The number of carbonyl (C=O) groups is 4. The van der Waals surface area contributed by atoms with E-state index in [-0.39, 0.29) is 25.4 Å². The average Bonchev–Trinajstić information content (AvgIpc) is 2.58. The van der Waals surface area contributed by atoms with Gasteiger partial charge in [0.1, 0.15) is 0 Å². The summed E-state index contributed by atoms with van der Waals surface area (Å²) in [7, 11) is -5.04. The number of rotatable bonds is 2. The number of cyclic esters (lactones) is 1. The Balaban J connectivity index is 3.00. The summed E-state index contributed by atoms with van der Waals surface area (Å²) in [6.45, 7) is 2.50. The normalized spacial score (nSPS) is 24.5. The zero-order chi connectivity index (χ0) is 21.4. The Labute approximate surface area is 165 Å². The zero-order valence-corrected chi connectivity index (χ0v) is 17.1. The smallest absolute Gasteiger partial charge is 0.462 e. The molecule has 0 saturated carbocycles. The summed E-state index contributed by atoms with van der Waals surface area (Å²) in [5.74, 6) is -1.82. The molecule has 0 aromatic rings. The highest BCUT2D eigenvalue weighted by Crippen LogP contribution is 2.42. The first-order valence-electron chi connectivity index (χ1n) is 8.21. The van der Waals surface area contributed by atoms with Crippen LogP contribution in [0.5, 0.6) is 0 Å². The highest BCUT2D eigenvalue weighted by molar-refractivity contribution is 8.14. The van der Waals surface area contributed by atoms with Gasteiger partial charge in [-0.05, 0) is 6.08 Å². The van der Waals surface area contributed by atoms with E-state index < -0.39 is 42.9 Å². The number of hydrogen-bond acceptors (Lipinski definition) is 8. The monoisotopic (exact) mass is 438 g/mol. The third-order valence-corrected chi connectivity index (χ3v) is 4.77. The number of phosphoric ester groups is 1. The first kappa shape index (κ1) is 24.3. The van der Waals surface area contributed by atoms with Gasteiger partial charge in [-0.15, -0.1) is 0 Å². The van der Waals surface area contributed by atoms with Crippen molar-refractivity contribution in [1.82, 2.24) is 10.6 Å². The van der Waals surface area contributed by atoms with Gasteiger partial charge in [0.05, 0.1) is 6.61 Å². The van der Waals surface area contributed by atoms with Crippen molar-refractivity contribution in [3.63, 3.8) is 0 Å². The van der Waals surface area contributed by atoms with E-state index in [1.54, 1.807) is 0 Å². The van der Waals surface area contributed by atoms with E-state index in [0.717, 1.165) is 23.9 Å². The fraction of sp³-hybridized carbons (Fsp3) is 0.600. The molecule has 0 aliphatic carbocycles. The summed E-state index contributed by atoms with van der Waals surface area (Å²) in [4.78, 5) is 65.7. The number of amides is 2. The van der Waals surface area contributed by atoms with Crippen LogP contribution in [-0.2, 0) is 33.0 Å². The van der Waals surface area contributed by atoms with Gasteiger partial charge in [-0.25, -0.2) is 9.36 Å². The molecule has 0 saturated heterocycles. The molecule has 0 fully saturated rings. The van der Waals surface area contributed by atoms with Crippen LogP contribution in [0.15, 0.2) is 12.2 Å². The predicted octanol–water partition coefficient (Wildman–Crippen LogP) is -0.514. The SMILES string of the molecule is CC1(C)COC(=O)/C=C/C(=O)SCCNC(=O)CCNC(=O)[C@@H]1OP(=O)(O)O. The summed E-state index contributed by atoms with van der Waals surface area (Å²) in [5.41, 5.74) is -1.33. The van der Waals surface area contributed by atoms with Crippen LogP contribution >= 0.6 is 19.6 Å². The Morgan fingerprint density at radius 3 is 2.50 bits per heavy atom. The van der Waals surface area contributed by atoms with E-state index in [1.807, 2.05) is 0 Å². The zero-order valence-electron chi connectivity index (χ0n) is 15.4. The topological polar surface area (TPSA) is 168 Å². The van der Waals surface area contributed by atoms with Crippen molar-refractivity contribution in [2.75, 3.05) is 25.4 Å². The molecule has 2 amide bonds. The fourth-order valence-corrected chi connectivity index (χ4v) is 3.30. The van der Waals surface area contributed by atoms with Crippen LogP contribution in [0.2, 0.25) is 0 Å². The number of phosphoric acid groups is 1. The number of esters is 1. The van der Waals surface area contributed by atoms with E-state index in [4.69, 9.17) is 14.5 Å². The molecule has 1 aliphatic rings. The van der Waals surface area contributed by atoms with Crippen molar-refractivity contribution in [2.24, 2.45) is 5.41 Å². The van der Waals surface area contributed by atoms with Gasteiger partial charge in [0.2, 0.25) is 11.0 Å². The van der Waals surface area contributed by atoms with Gasteiger partial charge in [-0.3, -0.25) is 18.9 Å². The van der Waals surface area contributed by atoms with Crippen LogP contribution in [0.1, 0.15) is 20.3 Å². The maximum absolute atomic E-state index is 12.4. The quantitative estimate of drug-likeness (QED) is 0.325. The number of nitrogens with one attached hydrogen (secondary N) is 2. The van der Waals surface area contributed by atoms with Crippen LogP contribution in [0.3, 0.4) is 0 Å². The molecule has 0 aromatic heterocycles. The predicted molar refractivity (Wildman–Crippen MR) is 98.9 cm³/mol. The highest BCUT2D eigenvalue weighted by atomic mass is 32.2. The molecule has 0 bridgehead atoms. The first-order chi connectivity index (χ1) is 12.9. The van der Waals surface area contributed by atoms with E-state index in [1.165, 1.54) is 13.8 Å². The fourth-order valence-electron chi connectivity index (χ4n) is 2.07. The summed E-state index contributed by atoms with van der Waals surface area (Å²) in [6.07, 6.45) is 0.167. The molecule has 158 valence electrons. The first-order valence-corrected chi connectivity index (χ1v) is 10.7. The lowest BCUT2D eigenvalue weighted by Gasteiger charge is -2.32. The molecule has 0 unspecified atom stereocenters. The number of hydrogen-bond donors (Lipinski definition) is 4. The van der Waals surface area contributed by atoms with Crippen LogP contribution in [0, 0.1) is 5.41 Å². The molecule has 11 nitrogen and oxygen atoms in total. The molecule has 13 heteroatoms. The largest absolute Gasteiger partial charge is 0.470 e. The molecular weight excluding hydrogens is 415 g/mol. The van der Waals surface area contributed by atoms with Gasteiger partial charge >= 0.3 is 13.8 Å². The molecule has 4 N–H and O–H groups in total. The van der Waals surface area contributed by atoms with Crippen LogP contribution < -0.4 is 10.6 Å². The van der Waals surface area contributed by atoms with Crippen LogP contribution in [0.25, 0.3) is 0 Å². The molecule has 1 heterocycles. The molecule has 1 atom stereocenters. The Kier molecular flexibility index (Phi) is 9.31. The third-order valence-electron chi connectivity index (χ3n) is 3.45. The highest BCUT2D eigenvalue weighted by Gasteiger charge is 2.41. The molecule has 1 aliphatic heterocycles. The summed E-state index contributed by atoms with van der Waals surface area (Å²) in [6, 6.07) is 0. The second-order valence-electron chi connectivity index (χ2n) is 6.46. The van der Waals surface area contributed by atoms with E-state index in [2.05, 4.69) is 15.2 Å². The van der Waals surface area contributed by atoms with Gasteiger partial charge in [0.25, 0.3) is 5.91 Å². The molecule has 0 radical (unpaired) electrons. The molecule has 28 heavy (non-hydrogen) atoms. The van der Waals surface area contributed by atoms with Crippen LogP contribution in [-0.4, -0.2) is 64.2 Å². The van der Waals surface area contributed by atoms with E-state index in [9.17, 15) is 23.7 Å². The Morgan fingerprint density at radius 2 is 1.86 bits per heavy atom. The van der Waals surface area contributed by atoms with Gasteiger partial charge in [-0.2, -0.15) is 0 Å². The second-order valence-corrected chi connectivity index (χ2v) is 8.76. The summed E-state index contributed by atoms with van der Waals surface area (Å²) >= 11 is 0.903. The summed E-state index contributed by atoms with van der Waals surface area (Å²) in [5, 5.41) is 4.52. The minimum absolute atomic E-state index is 0.0811. The molecule has 0 aromatic carbocycles. The lowest BCUT2D eigenvalue weighted by Crippen LogP contribution is -2.48. The van der Waals surface area contributed by atoms with Crippen molar-refractivity contribution in [3.05, 3.63) is 12.2 Å². The Morgan fingerprint density at radius 1 is 1.18 bits per heavy atom. The van der Waals surface area contributed by atoms with E-state index >= 15 is 0 Å². The molecule has 0 spiro atoms.